The Morgan fingerprint density at radius 3 is 2.48 bits per heavy atom. The number of hydrogen-bond acceptors (Lipinski definition) is 4. The Bertz CT molecular complexity index is 1040. The molecular weight excluding hydrogens is 356 g/mol. The Morgan fingerprint density at radius 1 is 1.19 bits per heavy atom. The van der Waals surface area contributed by atoms with E-state index < -0.39 is 0 Å². The second-order valence-electron chi connectivity index (χ2n) is 6.20. The molecule has 27 heavy (non-hydrogen) atoms. The molecule has 0 spiro atoms. The lowest BCUT2D eigenvalue weighted by atomic mass is 10.1. The van der Waals surface area contributed by atoms with E-state index in [4.69, 9.17) is 10.4 Å². The molecule has 2 aromatic carbocycles. The standard InChI is InChI=1S/C21H22N4OS/c1-4-16-7-5-6-8-19(16)24-21(25-20(22)13-14(2)27-25)23-18-11-9-17(10-12-18)15(3)26/h5-13,22H,4H2,1-3H3,(H,23,24). The van der Waals surface area contributed by atoms with E-state index in [-0.39, 0.29) is 5.78 Å². The van der Waals surface area contributed by atoms with E-state index >= 15 is 0 Å². The van der Waals surface area contributed by atoms with E-state index in [1.165, 1.54) is 11.5 Å². The number of para-hydroxylation sites is 1. The van der Waals surface area contributed by atoms with Crippen LogP contribution in [0.2, 0.25) is 0 Å². The smallest absolute Gasteiger partial charge is 0.223 e. The molecule has 0 saturated heterocycles. The van der Waals surface area contributed by atoms with E-state index in [2.05, 4.69) is 18.3 Å². The van der Waals surface area contributed by atoms with Crippen molar-refractivity contribution in [3.8, 4) is 0 Å². The summed E-state index contributed by atoms with van der Waals surface area (Å²) >= 11 is 1.46. The molecule has 5 nitrogen and oxygen atoms in total. The molecule has 0 fully saturated rings. The number of nitrogens with one attached hydrogen (secondary N) is 2. The van der Waals surface area contributed by atoms with Crippen LogP contribution < -0.4 is 10.8 Å². The lowest BCUT2D eigenvalue weighted by Crippen LogP contribution is -2.28. The molecule has 3 rings (SSSR count). The average molecular weight is 379 g/mol. The molecule has 0 aliphatic carbocycles. The van der Waals surface area contributed by atoms with Crippen molar-refractivity contribution < 1.29 is 4.79 Å². The van der Waals surface area contributed by atoms with Crippen LogP contribution in [0.25, 0.3) is 0 Å². The monoisotopic (exact) mass is 378 g/mol. The number of anilines is 1. The maximum absolute atomic E-state index is 11.5. The van der Waals surface area contributed by atoms with E-state index in [0.29, 0.717) is 17.0 Å². The number of carbonyl (C=O) groups is 1. The zero-order valence-corrected chi connectivity index (χ0v) is 16.4. The molecule has 0 aliphatic heterocycles. The summed E-state index contributed by atoms with van der Waals surface area (Å²) in [5, 5.41) is 11.6. The third kappa shape index (κ3) is 4.41. The molecule has 3 aromatic rings. The molecule has 6 heteroatoms. The normalized spacial score (nSPS) is 11.4. The van der Waals surface area contributed by atoms with Gasteiger partial charge in [-0.2, -0.15) is 0 Å². The van der Waals surface area contributed by atoms with E-state index in [1.54, 1.807) is 23.0 Å². The Kier molecular flexibility index (Phi) is 5.66. The summed E-state index contributed by atoms with van der Waals surface area (Å²) < 4.78 is 1.76. The van der Waals surface area contributed by atoms with Crippen LogP contribution in [0.4, 0.5) is 11.4 Å². The van der Waals surface area contributed by atoms with Crippen LogP contribution in [0, 0.1) is 12.3 Å². The first-order valence-electron chi connectivity index (χ1n) is 8.77. The minimum Gasteiger partial charge on any atom is -0.325 e. The van der Waals surface area contributed by atoms with Gasteiger partial charge in [0.2, 0.25) is 5.96 Å². The zero-order valence-electron chi connectivity index (χ0n) is 15.6. The molecule has 0 atom stereocenters. The molecule has 138 valence electrons. The van der Waals surface area contributed by atoms with Crippen molar-refractivity contribution in [2.45, 2.75) is 27.2 Å². The predicted octanol–water partition coefficient (Wildman–Crippen LogP) is 4.75. The minimum absolute atomic E-state index is 0.0315. The van der Waals surface area contributed by atoms with Gasteiger partial charge in [-0.05, 0) is 62.2 Å². The van der Waals surface area contributed by atoms with Crippen LogP contribution >= 0.6 is 11.5 Å². The SMILES string of the molecule is CCc1ccccc1N=C(Nc1ccc(C(C)=O)cc1)n1sc(C)cc1=N. The summed E-state index contributed by atoms with van der Waals surface area (Å²) in [5.74, 6) is 0.596. The zero-order chi connectivity index (χ0) is 19.4. The van der Waals surface area contributed by atoms with Crippen LogP contribution in [-0.4, -0.2) is 15.7 Å². The van der Waals surface area contributed by atoms with Gasteiger partial charge < -0.3 is 5.32 Å². The van der Waals surface area contributed by atoms with Gasteiger partial charge in [0.15, 0.2) is 5.78 Å². The molecule has 1 heterocycles. The van der Waals surface area contributed by atoms with Crippen molar-refractivity contribution in [1.82, 2.24) is 3.96 Å². The largest absolute Gasteiger partial charge is 0.325 e. The van der Waals surface area contributed by atoms with Gasteiger partial charge in [-0.3, -0.25) is 10.2 Å². The Hall–Kier alpha value is -2.99. The lowest BCUT2D eigenvalue weighted by molar-refractivity contribution is 0.101. The van der Waals surface area contributed by atoms with Gasteiger partial charge in [0.25, 0.3) is 0 Å². The minimum atomic E-state index is 0.0315. The fourth-order valence-electron chi connectivity index (χ4n) is 2.70. The molecule has 1 aromatic heterocycles. The van der Waals surface area contributed by atoms with Crippen molar-refractivity contribution in [2.24, 2.45) is 4.99 Å². The number of aliphatic imine (C=N–C) groups is 1. The number of aryl methyl sites for hydroxylation is 2. The topological polar surface area (TPSA) is 70.2 Å². The highest BCUT2D eigenvalue weighted by atomic mass is 32.1. The van der Waals surface area contributed by atoms with E-state index in [0.717, 1.165) is 28.2 Å². The molecule has 0 radical (unpaired) electrons. The number of Topliss-reactive ketones (excluding diaryl/α,β-unsaturated/α-hetero) is 1. The molecule has 0 saturated carbocycles. The second kappa shape index (κ2) is 8.14. The van der Waals surface area contributed by atoms with E-state index in [9.17, 15) is 4.79 Å². The summed E-state index contributed by atoms with van der Waals surface area (Å²) in [7, 11) is 0. The van der Waals surface area contributed by atoms with Crippen molar-refractivity contribution >= 4 is 34.7 Å². The first-order valence-corrected chi connectivity index (χ1v) is 9.55. The summed E-state index contributed by atoms with van der Waals surface area (Å²) in [6, 6.07) is 17.1. The van der Waals surface area contributed by atoms with Gasteiger partial charge in [0.05, 0.1) is 5.69 Å². The van der Waals surface area contributed by atoms with Crippen LogP contribution in [-0.2, 0) is 6.42 Å². The number of aromatic nitrogens is 1. The highest BCUT2D eigenvalue weighted by molar-refractivity contribution is 7.07. The summed E-state index contributed by atoms with van der Waals surface area (Å²) in [4.78, 5) is 17.3. The number of nitrogens with zero attached hydrogens (tertiary/aromatic N) is 2. The van der Waals surface area contributed by atoms with Crippen molar-refractivity contribution in [3.63, 3.8) is 0 Å². The Labute approximate surface area is 162 Å². The maximum atomic E-state index is 11.5. The molecule has 0 bridgehead atoms. The van der Waals surface area contributed by atoms with Gasteiger partial charge >= 0.3 is 0 Å². The highest BCUT2D eigenvalue weighted by Crippen LogP contribution is 2.21. The van der Waals surface area contributed by atoms with E-state index in [1.807, 2.05) is 43.3 Å². The van der Waals surface area contributed by atoms with Crippen LogP contribution in [0.5, 0.6) is 0 Å². The van der Waals surface area contributed by atoms with Gasteiger partial charge in [-0.25, -0.2) is 8.95 Å². The fourth-order valence-corrected chi connectivity index (χ4v) is 3.48. The first-order chi connectivity index (χ1) is 13.0. The number of ketones is 1. The molecule has 0 amide bonds. The number of benzene rings is 2. The van der Waals surface area contributed by atoms with Crippen LogP contribution in [0.1, 0.15) is 34.6 Å². The summed E-state index contributed by atoms with van der Waals surface area (Å²) in [5.41, 5.74) is 3.87. The van der Waals surface area contributed by atoms with Gasteiger partial charge in [0, 0.05) is 16.1 Å². The second-order valence-corrected chi connectivity index (χ2v) is 7.39. The molecule has 0 unspecified atom stereocenters. The Morgan fingerprint density at radius 2 is 1.89 bits per heavy atom. The number of hydrogen-bond donors (Lipinski definition) is 2. The first kappa shape index (κ1) is 18.8. The Balaban J connectivity index is 2.05. The molecule has 2 N–H and O–H groups in total. The van der Waals surface area contributed by atoms with Gasteiger partial charge in [-0.1, -0.05) is 36.7 Å². The van der Waals surface area contributed by atoms with Gasteiger partial charge in [-0.15, -0.1) is 0 Å². The van der Waals surface area contributed by atoms with Crippen molar-refractivity contribution in [2.75, 3.05) is 5.32 Å². The summed E-state index contributed by atoms with van der Waals surface area (Å²) in [6.07, 6.45) is 0.877. The third-order valence-corrected chi connectivity index (χ3v) is 5.09. The number of rotatable bonds is 4. The van der Waals surface area contributed by atoms with Crippen molar-refractivity contribution in [1.29, 1.82) is 5.41 Å². The molecule has 0 aliphatic rings. The van der Waals surface area contributed by atoms with Crippen LogP contribution in [0.15, 0.2) is 59.6 Å². The molecular formula is C21H22N4OS. The lowest BCUT2D eigenvalue weighted by Gasteiger charge is -2.12. The summed E-state index contributed by atoms with van der Waals surface area (Å²) in [6.45, 7) is 5.62. The predicted molar refractivity (Wildman–Crippen MR) is 111 cm³/mol. The third-order valence-electron chi connectivity index (χ3n) is 4.13. The van der Waals surface area contributed by atoms with Crippen molar-refractivity contribution in [3.05, 3.63) is 76.1 Å². The highest BCUT2D eigenvalue weighted by Gasteiger charge is 2.10. The average Bonchev–Trinajstić information content (AvgIpc) is 3.00. The quantitative estimate of drug-likeness (QED) is 0.391. The van der Waals surface area contributed by atoms with Crippen LogP contribution in [0.3, 0.4) is 0 Å². The maximum Gasteiger partial charge on any atom is 0.223 e. The number of carbonyl (C=O) groups excluding carboxylic acids is 1. The van der Waals surface area contributed by atoms with Gasteiger partial charge in [0.1, 0.15) is 5.49 Å². The fraction of sp³-hybridized carbons (Fsp3) is 0.190.